The van der Waals surface area contributed by atoms with Crippen molar-refractivity contribution in [2.45, 2.75) is 24.1 Å². The summed E-state index contributed by atoms with van der Waals surface area (Å²) in [5, 5.41) is 2.68. The SMILES string of the molecule is CC(=O)NC(C)c1ccc(S(=O)[O-])s1.[Na+]. The summed E-state index contributed by atoms with van der Waals surface area (Å²) in [5.41, 5.74) is 0. The molecule has 0 saturated heterocycles. The second-order valence-corrected chi connectivity index (χ2v) is 5.10. The zero-order valence-electron chi connectivity index (χ0n) is 8.77. The molecule has 0 aromatic carbocycles. The van der Waals surface area contributed by atoms with Crippen LogP contribution in [-0.4, -0.2) is 14.7 Å². The van der Waals surface area contributed by atoms with Crippen molar-refractivity contribution in [2.75, 3.05) is 0 Å². The zero-order chi connectivity index (χ0) is 10.7. The number of carbonyl (C=O) groups excluding carboxylic acids is 1. The summed E-state index contributed by atoms with van der Waals surface area (Å²) in [6.45, 7) is 3.24. The van der Waals surface area contributed by atoms with Crippen LogP contribution < -0.4 is 34.9 Å². The molecule has 0 bridgehead atoms. The smallest absolute Gasteiger partial charge is 0.768 e. The van der Waals surface area contributed by atoms with Gasteiger partial charge in [0.05, 0.1) is 10.3 Å². The average Bonchev–Trinajstić information content (AvgIpc) is 2.50. The number of hydrogen-bond acceptors (Lipinski definition) is 4. The van der Waals surface area contributed by atoms with Crippen molar-refractivity contribution in [1.82, 2.24) is 5.32 Å². The number of nitrogens with one attached hydrogen (secondary N) is 1. The molecule has 0 aliphatic rings. The van der Waals surface area contributed by atoms with Crippen LogP contribution in [0.2, 0.25) is 0 Å². The van der Waals surface area contributed by atoms with Crippen LogP contribution in [0.15, 0.2) is 16.3 Å². The molecule has 1 heterocycles. The van der Waals surface area contributed by atoms with E-state index in [2.05, 4.69) is 5.32 Å². The fraction of sp³-hybridized carbons (Fsp3) is 0.375. The van der Waals surface area contributed by atoms with Gasteiger partial charge in [-0.15, -0.1) is 11.3 Å². The third kappa shape index (κ3) is 4.76. The van der Waals surface area contributed by atoms with Crippen molar-refractivity contribution in [3.8, 4) is 0 Å². The second kappa shape index (κ2) is 6.78. The maximum absolute atomic E-state index is 10.7. The van der Waals surface area contributed by atoms with Crippen LogP contribution in [0.4, 0.5) is 0 Å². The molecule has 1 N–H and O–H groups in total. The third-order valence-corrected chi connectivity index (χ3v) is 3.80. The first kappa shape index (κ1) is 15.3. The summed E-state index contributed by atoms with van der Waals surface area (Å²) >= 11 is -1.02. The van der Waals surface area contributed by atoms with Crippen molar-refractivity contribution in [1.29, 1.82) is 0 Å². The van der Waals surface area contributed by atoms with Crippen molar-refractivity contribution >= 4 is 28.3 Å². The minimum Gasteiger partial charge on any atom is -0.768 e. The van der Waals surface area contributed by atoms with E-state index in [-0.39, 0.29) is 45.7 Å². The molecule has 4 nitrogen and oxygen atoms in total. The molecule has 0 saturated carbocycles. The predicted molar refractivity (Wildman–Crippen MR) is 53.7 cm³/mol. The van der Waals surface area contributed by atoms with E-state index in [4.69, 9.17) is 0 Å². The van der Waals surface area contributed by atoms with Crippen molar-refractivity contribution in [2.24, 2.45) is 0 Å². The van der Waals surface area contributed by atoms with E-state index in [1.165, 1.54) is 13.0 Å². The summed E-state index contributed by atoms with van der Waals surface area (Å²) in [7, 11) is 0. The third-order valence-electron chi connectivity index (χ3n) is 1.61. The number of amides is 1. The molecule has 1 aromatic rings. The van der Waals surface area contributed by atoms with Gasteiger partial charge in [-0.25, -0.2) is 0 Å². The van der Waals surface area contributed by atoms with Crippen LogP contribution in [-0.2, 0) is 15.9 Å². The summed E-state index contributed by atoms with van der Waals surface area (Å²) in [4.78, 5) is 11.6. The molecule has 2 atom stereocenters. The molecule has 0 aliphatic heterocycles. The van der Waals surface area contributed by atoms with E-state index < -0.39 is 11.1 Å². The first-order valence-electron chi connectivity index (χ1n) is 3.97. The fourth-order valence-corrected chi connectivity index (χ4v) is 2.51. The first-order chi connectivity index (χ1) is 6.50. The minimum absolute atomic E-state index is 0. The Morgan fingerprint density at radius 2 is 2.20 bits per heavy atom. The van der Waals surface area contributed by atoms with E-state index in [0.29, 0.717) is 0 Å². The summed E-state index contributed by atoms with van der Waals surface area (Å²) in [6.07, 6.45) is 0. The Morgan fingerprint density at radius 1 is 1.60 bits per heavy atom. The predicted octanol–water partition coefficient (Wildman–Crippen LogP) is -1.81. The molecular formula is C8H10NNaO3S2. The monoisotopic (exact) mass is 255 g/mol. The number of rotatable bonds is 3. The first-order valence-corrected chi connectivity index (χ1v) is 5.86. The Bertz CT molecular complexity index is 367. The molecule has 78 valence electrons. The molecule has 1 aromatic heterocycles. The van der Waals surface area contributed by atoms with Gasteiger partial charge in [0.25, 0.3) is 0 Å². The van der Waals surface area contributed by atoms with Gasteiger partial charge in [-0.1, -0.05) is 0 Å². The maximum atomic E-state index is 10.7. The van der Waals surface area contributed by atoms with E-state index in [9.17, 15) is 13.6 Å². The largest absolute Gasteiger partial charge is 1.00 e. The average molecular weight is 255 g/mol. The Labute approximate surface area is 117 Å². The normalized spacial score (nSPS) is 13.8. The number of hydrogen-bond donors (Lipinski definition) is 1. The second-order valence-electron chi connectivity index (χ2n) is 2.81. The van der Waals surface area contributed by atoms with Crippen LogP contribution >= 0.6 is 11.3 Å². The summed E-state index contributed by atoms with van der Waals surface area (Å²) in [5.74, 6) is -0.129. The van der Waals surface area contributed by atoms with Crippen LogP contribution in [0, 0.1) is 0 Å². The molecule has 15 heavy (non-hydrogen) atoms. The quantitative estimate of drug-likeness (QED) is 0.511. The van der Waals surface area contributed by atoms with Gasteiger partial charge in [0.15, 0.2) is 0 Å². The molecule has 1 rings (SSSR count). The molecule has 0 radical (unpaired) electrons. The van der Waals surface area contributed by atoms with Crippen LogP contribution in [0.5, 0.6) is 0 Å². The molecule has 0 spiro atoms. The molecule has 7 heteroatoms. The topological polar surface area (TPSA) is 69.2 Å². The fourth-order valence-electron chi connectivity index (χ4n) is 1.03. The molecule has 2 unspecified atom stereocenters. The van der Waals surface area contributed by atoms with Gasteiger partial charge in [-0.3, -0.25) is 9.00 Å². The van der Waals surface area contributed by atoms with E-state index >= 15 is 0 Å². The Balaban J connectivity index is 0.00000196. The maximum Gasteiger partial charge on any atom is 1.00 e. The Hall–Kier alpha value is 0.280. The van der Waals surface area contributed by atoms with E-state index in [1.807, 2.05) is 6.92 Å². The Kier molecular flexibility index (Phi) is 6.90. The van der Waals surface area contributed by atoms with Crippen LogP contribution in [0.1, 0.15) is 24.8 Å². The standard InChI is InChI=1S/C8H11NO3S2.Na/c1-5(9-6(2)10)7-3-4-8(13-7)14(11)12;/h3-5H,1-2H3,(H,9,10)(H,11,12);/q;+1/p-1. The van der Waals surface area contributed by atoms with Gasteiger partial charge >= 0.3 is 29.6 Å². The minimum atomic E-state index is -2.18. The van der Waals surface area contributed by atoms with Crippen molar-refractivity contribution in [3.05, 3.63) is 17.0 Å². The van der Waals surface area contributed by atoms with Gasteiger partial charge in [0.2, 0.25) is 5.91 Å². The van der Waals surface area contributed by atoms with Gasteiger partial charge < -0.3 is 9.87 Å². The number of thiophene rings is 1. The zero-order valence-corrected chi connectivity index (χ0v) is 12.4. The van der Waals surface area contributed by atoms with Crippen molar-refractivity contribution in [3.63, 3.8) is 0 Å². The van der Waals surface area contributed by atoms with E-state index in [0.717, 1.165) is 16.2 Å². The van der Waals surface area contributed by atoms with Gasteiger partial charge in [-0.05, 0) is 30.1 Å². The molecule has 0 fully saturated rings. The summed E-state index contributed by atoms with van der Waals surface area (Å²) in [6, 6.07) is 3.09. The summed E-state index contributed by atoms with van der Waals surface area (Å²) < 4.78 is 21.5. The van der Waals surface area contributed by atoms with Gasteiger partial charge in [-0.2, -0.15) is 0 Å². The molecule has 0 aliphatic carbocycles. The van der Waals surface area contributed by atoms with Crippen molar-refractivity contribution < 1.29 is 43.1 Å². The Morgan fingerprint density at radius 3 is 2.60 bits per heavy atom. The molecular weight excluding hydrogens is 245 g/mol. The van der Waals surface area contributed by atoms with Gasteiger partial charge in [0.1, 0.15) is 0 Å². The molecule has 1 amide bonds. The number of carbonyl (C=O) groups is 1. The van der Waals surface area contributed by atoms with Crippen LogP contribution in [0.3, 0.4) is 0 Å². The van der Waals surface area contributed by atoms with Crippen LogP contribution in [0.25, 0.3) is 0 Å². The van der Waals surface area contributed by atoms with Gasteiger partial charge in [0, 0.05) is 11.8 Å². The van der Waals surface area contributed by atoms with E-state index in [1.54, 1.807) is 6.07 Å².